The zero-order valence-electron chi connectivity index (χ0n) is 12.9. The van der Waals surface area contributed by atoms with Crippen molar-refractivity contribution in [1.29, 1.82) is 0 Å². The van der Waals surface area contributed by atoms with Crippen LogP contribution in [0.3, 0.4) is 0 Å². The summed E-state index contributed by atoms with van der Waals surface area (Å²) in [4.78, 5) is 0. The monoisotopic (exact) mass is 294 g/mol. The van der Waals surface area contributed by atoms with E-state index in [9.17, 15) is 0 Å². The fourth-order valence-electron chi connectivity index (χ4n) is 3.15. The summed E-state index contributed by atoms with van der Waals surface area (Å²) in [5, 5.41) is 3.28. The van der Waals surface area contributed by atoms with Crippen LogP contribution in [0.1, 0.15) is 64.5 Å². The van der Waals surface area contributed by atoms with Crippen molar-refractivity contribution in [2.75, 3.05) is 0 Å². The van der Waals surface area contributed by atoms with Crippen molar-refractivity contribution in [3.05, 3.63) is 34.9 Å². The summed E-state index contributed by atoms with van der Waals surface area (Å²) in [6.45, 7) is 6.90. The largest absolute Gasteiger partial charge is 0.247 e. The number of hydrazine groups is 1. The van der Waals surface area contributed by atoms with Crippen LogP contribution in [-0.4, -0.2) is 17.1 Å². The maximum atomic E-state index is 6.00. The fourth-order valence-corrected chi connectivity index (χ4v) is 3.27. The summed E-state index contributed by atoms with van der Waals surface area (Å²) < 4.78 is 0. The van der Waals surface area contributed by atoms with E-state index in [0.29, 0.717) is 18.1 Å². The Hall–Kier alpha value is -0.570. The molecule has 1 heterocycles. The van der Waals surface area contributed by atoms with Crippen molar-refractivity contribution < 1.29 is 0 Å². The van der Waals surface area contributed by atoms with Gasteiger partial charge < -0.3 is 0 Å². The van der Waals surface area contributed by atoms with Crippen LogP contribution in [0.25, 0.3) is 0 Å². The van der Waals surface area contributed by atoms with Gasteiger partial charge in [0.2, 0.25) is 0 Å². The van der Waals surface area contributed by atoms with Crippen molar-refractivity contribution in [2.24, 2.45) is 0 Å². The summed E-state index contributed by atoms with van der Waals surface area (Å²) in [7, 11) is 0. The average Bonchev–Trinajstić information content (AvgIpc) is 2.43. The van der Waals surface area contributed by atoms with Crippen LogP contribution in [0, 0.1) is 0 Å². The van der Waals surface area contributed by atoms with Gasteiger partial charge >= 0.3 is 0 Å². The van der Waals surface area contributed by atoms with Gasteiger partial charge in [-0.3, -0.25) is 0 Å². The minimum atomic E-state index is 0.389. The SMILES string of the molecule is CCCC(NN1C(C)CCCC1C)c1ccc(Cl)cc1. The Labute approximate surface area is 128 Å². The first-order chi connectivity index (χ1) is 9.61. The van der Waals surface area contributed by atoms with Crippen LogP contribution < -0.4 is 5.43 Å². The minimum absolute atomic E-state index is 0.389. The maximum Gasteiger partial charge on any atom is 0.0464 e. The van der Waals surface area contributed by atoms with Gasteiger partial charge in [0.05, 0.1) is 0 Å². The Balaban J connectivity index is 2.10. The first kappa shape index (κ1) is 15.8. The predicted molar refractivity (Wildman–Crippen MR) is 86.9 cm³/mol. The van der Waals surface area contributed by atoms with Crippen molar-refractivity contribution in [1.82, 2.24) is 10.4 Å². The van der Waals surface area contributed by atoms with Crippen molar-refractivity contribution in [3.63, 3.8) is 0 Å². The standard InChI is InChI=1S/C17H27ClN2/c1-4-6-17(15-9-11-16(18)12-10-15)19-20-13(2)7-5-8-14(20)3/h9-14,17,19H,4-8H2,1-3H3. The van der Waals surface area contributed by atoms with E-state index in [1.54, 1.807) is 0 Å². The van der Waals surface area contributed by atoms with Gasteiger partial charge in [-0.05, 0) is 50.8 Å². The molecule has 0 radical (unpaired) electrons. The molecule has 2 rings (SSSR count). The van der Waals surface area contributed by atoms with E-state index < -0.39 is 0 Å². The quantitative estimate of drug-likeness (QED) is 0.826. The van der Waals surface area contributed by atoms with Gasteiger partial charge in [-0.1, -0.05) is 43.5 Å². The smallest absolute Gasteiger partial charge is 0.0464 e. The lowest BCUT2D eigenvalue weighted by Gasteiger charge is -2.41. The third kappa shape index (κ3) is 3.97. The second-order valence-electron chi connectivity index (χ2n) is 6.06. The summed E-state index contributed by atoms with van der Waals surface area (Å²) in [6.07, 6.45) is 6.25. The molecule has 0 bridgehead atoms. The Morgan fingerprint density at radius 2 is 1.80 bits per heavy atom. The number of benzene rings is 1. The number of hydrogen-bond donors (Lipinski definition) is 1. The van der Waals surface area contributed by atoms with Gasteiger partial charge in [-0.25, -0.2) is 10.4 Å². The normalized spacial score (nSPS) is 25.6. The highest BCUT2D eigenvalue weighted by molar-refractivity contribution is 6.30. The summed E-state index contributed by atoms with van der Waals surface area (Å²) in [6, 6.07) is 9.90. The van der Waals surface area contributed by atoms with E-state index >= 15 is 0 Å². The van der Waals surface area contributed by atoms with Crippen molar-refractivity contribution >= 4 is 11.6 Å². The number of piperidine rings is 1. The molecule has 112 valence electrons. The molecule has 0 saturated carbocycles. The van der Waals surface area contributed by atoms with E-state index in [2.05, 4.69) is 43.3 Å². The molecule has 0 spiro atoms. The lowest BCUT2D eigenvalue weighted by Crippen LogP contribution is -2.53. The Morgan fingerprint density at radius 1 is 1.20 bits per heavy atom. The zero-order chi connectivity index (χ0) is 14.5. The second-order valence-corrected chi connectivity index (χ2v) is 6.49. The molecule has 3 heteroatoms. The lowest BCUT2D eigenvalue weighted by atomic mass is 9.98. The molecule has 1 aromatic rings. The molecule has 1 fully saturated rings. The minimum Gasteiger partial charge on any atom is -0.247 e. The Kier molecular flexibility index (Phi) is 5.88. The Morgan fingerprint density at radius 3 is 2.35 bits per heavy atom. The molecule has 3 atom stereocenters. The first-order valence-corrected chi connectivity index (χ1v) is 8.29. The number of nitrogens with one attached hydrogen (secondary N) is 1. The molecular weight excluding hydrogens is 268 g/mol. The molecule has 0 aromatic heterocycles. The van der Waals surface area contributed by atoms with Gasteiger partial charge in [0.15, 0.2) is 0 Å². The van der Waals surface area contributed by atoms with Gasteiger partial charge in [-0.2, -0.15) is 0 Å². The molecule has 1 N–H and O–H groups in total. The number of halogens is 1. The van der Waals surface area contributed by atoms with Crippen LogP contribution in [0.4, 0.5) is 0 Å². The van der Waals surface area contributed by atoms with Crippen LogP contribution >= 0.6 is 11.6 Å². The number of rotatable bonds is 5. The lowest BCUT2D eigenvalue weighted by molar-refractivity contribution is 0.0274. The van der Waals surface area contributed by atoms with Gasteiger partial charge in [0.25, 0.3) is 0 Å². The van der Waals surface area contributed by atoms with Crippen molar-refractivity contribution in [2.45, 2.75) is 71.0 Å². The molecule has 3 unspecified atom stereocenters. The van der Waals surface area contributed by atoms with E-state index in [-0.39, 0.29) is 0 Å². The highest BCUT2D eigenvalue weighted by Crippen LogP contribution is 2.26. The number of hydrogen-bond acceptors (Lipinski definition) is 2. The second kappa shape index (κ2) is 7.44. The van der Waals surface area contributed by atoms with Gasteiger partial charge in [0, 0.05) is 23.1 Å². The van der Waals surface area contributed by atoms with E-state index in [0.717, 1.165) is 11.4 Å². The van der Waals surface area contributed by atoms with Gasteiger partial charge in [0.1, 0.15) is 0 Å². The average molecular weight is 295 g/mol. The van der Waals surface area contributed by atoms with Crippen LogP contribution in [-0.2, 0) is 0 Å². The summed E-state index contributed by atoms with van der Waals surface area (Å²) in [5.41, 5.74) is 5.12. The third-order valence-electron chi connectivity index (χ3n) is 4.35. The number of nitrogens with zero attached hydrogens (tertiary/aromatic N) is 1. The van der Waals surface area contributed by atoms with Crippen molar-refractivity contribution in [3.8, 4) is 0 Å². The highest BCUT2D eigenvalue weighted by Gasteiger charge is 2.26. The molecule has 2 nitrogen and oxygen atoms in total. The molecule has 0 amide bonds. The third-order valence-corrected chi connectivity index (χ3v) is 4.60. The summed E-state index contributed by atoms with van der Waals surface area (Å²) >= 11 is 6.00. The zero-order valence-corrected chi connectivity index (χ0v) is 13.7. The maximum absolute atomic E-state index is 6.00. The van der Waals surface area contributed by atoms with Crippen LogP contribution in [0.5, 0.6) is 0 Å². The fraction of sp³-hybridized carbons (Fsp3) is 0.647. The molecule has 1 aliphatic rings. The molecule has 1 aromatic carbocycles. The molecule has 1 aliphatic heterocycles. The van der Waals surface area contributed by atoms with E-state index in [1.807, 2.05) is 12.1 Å². The van der Waals surface area contributed by atoms with Gasteiger partial charge in [-0.15, -0.1) is 0 Å². The van der Waals surface area contributed by atoms with E-state index in [4.69, 9.17) is 11.6 Å². The molecular formula is C17H27ClN2. The van der Waals surface area contributed by atoms with Crippen LogP contribution in [0.15, 0.2) is 24.3 Å². The summed E-state index contributed by atoms with van der Waals surface area (Å²) in [5.74, 6) is 0. The highest BCUT2D eigenvalue weighted by atomic mass is 35.5. The first-order valence-electron chi connectivity index (χ1n) is 7.91. The topological polar surface area (TPSA) is 15.3 Å². The molecule has 20 heavy (non-hydrogen) atoms. The molecule has 1 saturated heterocycles. The van der Waals surface area contributed by atoms with E-state index in [1.165, 1.54) is 31.2 Å². The molecule has 0 aliphatic carbocycles. The predicted octanol–water partition coefficient (Wildman–Crippen LogP) is 4.95. The Bertz CT molecular complexity index is 394. The van der Waals surface area contributed by atoms with Crippen LogP contribution in [0.2, 0.25) is 5.02 Å².